The van der Waals surface area contributed by atoms with E-state index in [9.17, 15) is 13.6 Å². The highest BCUT2D eigenvalue weighted by Crippen LogP contribution is 2.30. The number of nitrogens with zero attached hydrogens (tertiary/aromatic N) is 6. The first-order chi connectivity index (χ1) is 18.6. The lowest BCUT2D eigenvalue weighted by Gasteiger charge is -2.28. The second-order valence-electron chi connectivity index (χ2n) is 9.91. The molecule has 0 radical (unpaired) electrons. The van der Waals surface area contributed by atoms with Crippen molar-refractivity contribution in [2.24, 2.45) is 5.92 Å². The summed E-state index contributed by atoms with van der Waals surface area (Å²) in [4.78, 5) is 30.6. The van der Waals surface area contributed by atoms with Crippen molar-refractivity contribution in [3.63, 3.8) is 0 Å². The fourth-order valence-electron chi connectivity index (χ4n) is 5.44. The number of benzene rings is 1. The predicted octanol–water partition coefficient (Wildman–Crippen LogP) is 3.03. The van der Waals surface area contributed by atoms with E-state index in [0.717, 1.165) is 19.3 Å². The molecule has 3 saturated heterocycles. The maximum Gasteiger partial charge on any atom is 0.296 e. The van der Waals surface area contributed by atoms with Gasteiger partial charge >= 0.3 is 0 Å². The Morgan fingerprint density at radius 1 is 0.974 bits per heavy atom. The molecule has 38 heavy (non-hydrogen) atoms. The Labute approximate surface area is 218 Å². The molecule has 202 valence electrons. The van der Waals surface area contributed by atoms with Gasteiger partial charge in [0.25, 0.3) is 6.43 Å². The number of para-hydroxylation sites is 2. The lowest BCUT2D eigenvalue weighted by molar-refractivity contribution is -0.137. The molecule has 0 bridgehead atoms. The second-order valence-corrected chi connectivity index (χ2v) is 9.91. The summed E-state index contributed by atoms with van der Waals surface area (Å²) in [7, 11) is 0. The number of nitrogens with one attached hydrogen (secondary N) is 1. The summed E-state index contributed by atoms with van der Waals surface area (Å²) in [6, 6.07) is 8.72. The lowest BCUT2D eigenvalue weighted by atomic mass is 9.99. The van der Waals surface area contributed by atoms with Crippen LogP contribution in [0.2, 0.25) is 0 Å². The van der Waals surface area contributed by atoms with Gasteiger partial charge in [-0.25, -0.2) is 13.8 Å². The summed E-state index contributed by atoms with van der Waals surface area (Å²) in [5.74, 6) is 1.13. The highest BCUT2D eigenvalue weighted by molar-refractivity contribution is 5.79. The minimum atomic E-state index is -2.78. The summed E-state index contributed by atoms with van der Waals surface area (Å²) >= 11 is 0. The lowest BCUT2D eigenvalue weighted by Crippen LogP contribution is -2.38. The van der Waals surface area contributed by atoms with E-state index in [1.807, 2.05) is 9.80 Å². The van der Waals surface area contributed by atoms with Crippen LogP contribution in [0.4, 0.5) is 20.5 Å². The van der Waals surface area contributed by atoms with Gasteiger partial charge in [0, 0.05) is 57.4 Å². The Bertz CT molecular complexity index is 1290. The Hall–Kier alpha value is -3.38. The predicted molar refractivity (Wildman–Crippen MR) is 137 cm³/mol. The number of carbonyl (C=O) groups is 1. The number of amides is 1. The first kappa shape index (κ1) is 24.9. The van der Waals surface area contributed by atoms with E-state index < -0.39 is 6.43 Å². The molecule has 12 heteroatoms. The highest BCUT2D eigenvalue weighted by Gasteiger charge is 2.32. The smallest absolute Gasteiger partial charge is 0.296 e. The van der Waals surface area contributed by atoms with E-state index in [1.165, 1.54) is 4.57 Å². The maximum atomic E-state index is 14.1. The average Bonchev–Trinajstić information content (AvgIpc) is 3.58. The number of fused-ring (bicyclic) bond motifs is 1. The van der Waals surface area contributed by atoms with Crippen LogP contribution in [-0.4, -0.2) is 89.0 Å². The van der Waals surface area contributed by atoms with E-state index in [0.29, 0.717) is 81.2 Å². The number of rotatable bonds is 6. The summed E-state index contributed by atoms with van der Waals surface area (Å²) in [6.07, 6.45) is -0.481. The van der Waals surface area contributed by atoms with Gasteiger partial charge in [-0.15, -0.1) is 0 Å². The Morgan fingerprint density at radius 3 is 2.53 bits per heavy atom. The van der Waals surface area contributed by atoms with E-state index in [-0.39, 0.29) is 23.7 Å². The summed E-state index contributed by atoms with van der Waals surface area (Å²) < 4.78 is 40.5. The molecule has 0 spiro atoms. The zero-order valence-corrected chi connectivity index (χ0v) is 21.1. The van der Waals surface area contributed by atoms with Crippen molar-refractivity contribution in [2.75, 3.05) is 62.8 Å². The van der Waals surface area contributed by atoms with E-state index in [2.05, 4.69) is 10.3 Å². The van der Waals surface area contributed by atoms with Crippen LogP contribution in [0.25, 0.3) is 16.9 Å². The van der Waals surface area contributed by atoms with E-state index in [1.54, 1.807) is 30.3 Å². The zero-order chi connectivity index (χ0) is 26.1. The van der Waals surface area contributed by atoms with Crippen molar-refractivity contribution in [3.8, 4) is 5.82 Å². The van der Waals surface area contributed by atoms with Gasteiger partial charge in [-0.3, -0.25) is 9.36 Å². The number of carbonyl (C=O) groups excluding carboxylic acids is 1. The van der Waals surface area contributed by atoms with Crippen LogP contribution in [0, 0.1) is 5.92 Å². The monoisotopic (exact) mass is 527 g/mol. The molecular formula is C26H31F2N7O3. The van der Waals surface area contributed by atoms with Gasteiger partial charge in [-0.1, -0.05) is 12.1 Å². The number of hydrogen-bond donors (Lipinski definition) is 1. The number of halogens is 2. The molecule has 0 saturated carbocycles. The molecule has 3 aliphatic rings. The van der Waals surface area contributed by atoms with Gasteiger partial charge < -0.3 is 24.6 Å². The standard InChI is InChI=1S/C26H31F2N7O3/c27-23(28)24-30-19-3-1-2-4-20(19)35(24)22-15-21(31-26(32-22)33-9-13-38-14-10-33)29-18-5-8-34(16-18)25(36)17-6-11-37-12-7-17/h1-4,15,17-18,23H,5-14,16H2,(H,29,31,32)/t18-/m0/s1. The normalized spacial score (nSPS) is 21.0. The molecule has 3 fully saturated rings. The van der Waals surface area contributed by atoms with Crippen molar-refractivity contribution >= 4 is 28.7 Å². The minimum absolute atomic E-state index is 0.00631. The molecule has 3 aromatic rings. The third kappa shape index (κ3) is 5.02. The summed E-state index contributed by atoms with van der Waals surface area (Å²) in [5.41, 5.74) is 1.02. The zero-order valence-electron chi connectivity index (χ0n) is 21.1. The molecule has 5 heterocycles. The van der Waals surface area contributed by atoms with Crippen LogP contribution >= 0.6 is 0 Å². The number of anilines is 2. The topological polar surface area (TPSA) is 97.6 Å². The van der Waals surface area contributed by atoms with Crippen LogP contribution in [0.3, 0.4) is 0 Å². The van der Waals surface area contributed by atoms with Gasteiger partial charge in [0.05, 0.1) is 24.2 Å². The SMILES string of the molecule is O=C(C1CCOCC1)N1CC[C@H](Nc2cc(-n3c(C(F)F)nc4ccccc43)nc(N3CCOCC3)n2)C1. The molecule has 1 aromatic carbocycles. The van der Waals surface area contributed by atoms with Crippen LogP contribution < -0.4 is 10.2 Å². The van der Waals surface area contributed by atoms with Crippen molar-refractivity contribution in [1.82, 2.24) is 24.4 Å². The van der Waals surface area contributed by atoms with Crippen molar-refractivity contribution in [1.29, 1.82) is 0 Å². The number of aromatic nitrogens is 4. The molecule has 2 aromatic heterocycles. The number of alkyl halides is 2. The molecule has 3 aliphatic heterocycles. The molecule has 1 N–H and O–H groups in total. The number of imidazole rings is 1. The number of hydrogen-bond acceptors (Lipinski definition) is 8. The van der Waals surface area contributed by atoms with Crippen LogP contribution in [0.1, 0.15) is 31.5 Å². The van der Waals surface area contributed by atoms with Gasteiger partial charge in [-0.05, 0) is 31.4 Å². The molecule has 6 rings (SSSR count). The first-order valence-corrected chi connectivity index (χ1v) is 13.2. The summed E-state index contributed by atoms with van der Waals surface area (Å²) in [5, 5.41) is 3.46. The first-order valence-electron chi connectivity index (χ1n) is 13.2. The Kier molecular flexibility index (Phi) is 7.07. The summed E-state index contributed by atoms with van der Waals surface area (Å²) in [6.45, 7) is 4.78. The molecule has 1 amide bonds. The molecule has 0 unspecified atom stereocenters. The fourth-order valence-corrected chi connectivity index (χ4v) is 5.44. The maximum absolute atomic E-state index is 14.1. The van der Waals surface area contributed by atoms with Crippen molar-refractivity contribution in [2.45, 2.75) is 31.7 Å². The van der Waals surface area contributed by atoms with Crippen LogP contribution in [0.15, 0.2) is 30.3 Å². The second kappa shape index (κ2) is 10.8. The Morgan fingerprint density at radius 2 is 1.74 bits per heavy atom. The van der Waals surface area contributed by atoms with E-state index >= 15 is 0 Å². The third-order valence-corrected chi connectivity index (χ3v) is 7.43. The van der Waals surface area contributed by atoms with Crippen molar-refractivity contribution in [3.05, 3.63) is 36.2 Å². The molecule has 1 atom stereocenters. The number of morpholine rings is 1. The quantitative estimate of drug-likeness (QED) is 0.523. The fraction of sp³-hybridized carbons (Fsp3) is 0.538. The van der Waals surface area contributed by atoms with Gasteiger partial charge in [0.2, 0.25) is 11.9 Å². The van der Waals surface area contributed by atoms with E-state index in [4.69, 9.17) is 19.4 Å². The van der Waals surface area contributed by atoms with Crippen LogP contribution in [-0.2, 0) is 14.3 Å². The van der Waals surface area contributed by atoms with Crippen LogP contribution in [0.5, 0.6) is 0 Å². The molecule has 10 nitrogen and oxygen atoms in total. The third-order valence-electron chi connectivity index (χ3n) is 7.43. The largest absolute Gasteiger partial charge is 0.381 e. The van der Waals surface area contributed by atoms with Gasteiger partial charge in [0.15, 0.2) is 5.82 Å². The number of likely N-dealkylation sites (tertiary alicyclic amines) is 1. The molecule has 0 aliphatic carbocycles. The minimum Gasteiger partial charge on any atom is -0.381 e. The Balaban J connectivity index is 1.30. The average molecular weight is 528 g/mol. The van der Waals surface area contributed by atoms with Gasteiger partial charge in [-0.2, -0.15) is 9.97 Å². The van der Waals surface area contributed by atoms with Crippen molar-refractivity contribution < 1.29 is 23.0 Å². The molecular weight excluding hydrogens is 496 g/mol. The number of ether oxygens (including phenoxy) is 2. The van der Waals surface area contributed by atoms with Gasteiger partial charge in [0.1, 0.15) is 11.6 Å². The highest BCUT2D eigenvalue weighted by atomic mass is 19.3.